The lowest BCUT2D eigenvalue weighted by Gasteiger charge is -2.46. The van der Waals surface area contributed by atoms with E-state index in [-0.39, 0.29) is 37.2 Å². The molecule has 3 saturated heterocycles. The first-order valence-electron chi connectivity index (χ1n) is 13.0. The molecule has 1 amide bonds. The lowest BCUT2D eigenvalue weighted by atomic mass is 9.79. The summed E-state index contributed by atoms with van der Waals surface area (Å²) in [7, 11) is 0. The molecule has 7 nitrogen and oxygen atoms in total. The number of fused-ring (bicyclic) bond motifs is 2. The lowest BCUT2D eigenvalue weighted by Crippen LogP contribution is -2.55. The summed E-state index contributed by atoms with van der Waals surface area (Å²) >= 11 is 0. The zero-order valence-electron chi connectivity index (χ0n) is 21.4. The largest absolute Gasteiger partial charge is 0.341 e. The van der Waals surface area contributed by atoms with Crippen molar-refractivity contribution >= 4 is 49.1 Å². The van der Waals surface area contributed by atoms with E-state index in [9.17, 15) is 4.79 Å². The van der Waals surface area contributed by atoms with E-state index in [4.69, 9.17) is 0 Å². The van der Waals surface area contributed by atoms with Crippen LogP contribution in [0.4, 0.5) is 5.95 Å². The van der Waals surface area contributed by atoms with Crippen LogP contribution in [0.1, 0.15) is 37.7 Å². The van der Waals surface area contributed by atoms with Crippen molar-refractivity contribution in [3.8, 4) is 0 Å². The van der Waals surface area contributed by atoms with Crippen molar-refractivity contribution in [2.24, 2.45) is 11.8 Å². The molecular formula is C27H41Cl3N6O. The van der Waals surface area contributed by atoms with E-state index in [1.807, 2.05) is 6.07 Å². The summed E-state index contributed by atoms with van der Waals surface area (Å²) in [5.74, 6) is 2.53. The second kappa shape index (κ2) is 15.7. The van der Waals surface area contributed by atoms with Crippen LogP contribution in [0.2, 0.25) is 0 Å². The Morgan fingerprint density at radius 3 is 2.51 bits per heavy atom. The summed E-state index contributed by atoms with van der Waals surface area (Å²) in [6.45, 7) is 7.84. The van der Waals surface area contributed by atoms with Crippen LogP contribution in [-0.4, -0.2) is 77.5 Å². The molecule has 4 heterocycles. The number of piperidine rings is 2. The van der Waals surface area contributed by atoms with Crippen LogP contribution in [-0.2, 0) is 11.3 Å². The zero-order chi connectivity index (χ0) is 23.2. The second-order valence-electron chi connectivity index (χ2n) is 10.2. The third-order valence-electron chi connectivity index (χ3n) is 7.72. The van der Waals surface area contributed by atoms with Crippen LogP contribution in [0.5, 0.6) is 0 Å². The topological polar surface area (TPSA) is 64.6 Å². The van der Waals surface area contributed by atoms with Crippen LogP contribution in [0, 0.1) is 11.8 Å². The van der Waals surface area contributed by atoms with Crippen molar-refractivity contribution in [1.29, 1.82) is 0 Å². The van der Waals surface area contributed by atoms with Gasteiger partial charge in [-0.2, -0.15) is 0 Å². The van der Waals surface area contributed by atoms with E-state index >= 15 is 0 Å². The van der Waals surface area contributed by atoms with Crippen molar-refractivity contribution in [2.45, 2.75) is 44.7 Å². The van der Waals surface area contributed by atoms with Gasteiger partial charge in [0.15, 0.2) is 0 Å². The maximum absolute atomic E-state index is 13.0. The Morgan fingerprint density at radius 1 is 0.946 bits per heavy atom. The summed E-state index contributed by atoms with van der Waals surface area (Å²) in [6, 6.07) is 13.2. The molecule has 2 aromatic rings. The average Bonchev–Trinajstić information content (AvgIpc) is 3.13. The van der Waals surface area contributed by atoms with Crippen molar-refractivity contribution in [1.82, 2.24) is 25.1 Å². The molecule has 2 unspecified atom stereocenters. The van der Waals surface area contributed by atoms with Gasteiger partial charge in [-0.25, -0.2) is 9.97 Å². The molecule has 10 heteroatoms. The summed E-state index contributed by atoms with van der Waals surface area (Å²) in [6.07, 6.45) is 8.59. The fraction of sp³-hybridized carbons (Fsp3) is 0.593. The SMILES string of the molecule is Cl.Cl.Cl.O=C(CCC[C@H]1NCC2CC1CN(Cc1ccccc1)C2)N1CCCN(c2ncccn2)CC1. The number of nitrogens with zero attached hydrogens (tertiary/aromatic N) is 5. The highest BCUT2D eigenvalue weighted by molar-refractivity contribution is 5.86. The highest BCUT2D eigenvalue weighted by Crippen LogP contribution is 2.31. The van der Waals surface area contributed by atoms with E-state index in [0.29, 0.717) is 24.3 Å². The molecule has 3 fully saturated rings. The van der Waals surface area contributed by atoms with Crippen molar-refractivity contribution in [2.75, 3.05) is 50.7 Å². The number of hydrogen-bond acceptors (Lipinski definition) is 6. The minimum Gasteiger partial charge on any atom is -0.341 e. The molecule has 206 valence electrons. The smallest absolute Gasteiger partial charge is 0.225 e. The first-order valence-corrected chi connectivity index (χ1v) is 13.0. The molecule has 1 N–H and O–H groups in total. The third kappa shape index (κ3) is 8.69. The fourth-order valence-electron chi connectivity index (χ4n) is 6.03. The summed E-state index contributed by atoms with van der Waals surface area (Å²) in [5.41, 5.74) is 1.41. The van der Waals surface area contributed by atoms with Crippen LogP contribution in [0.3, 0.4) is 0 Å². The normalized spacial score (nSPS) is 23.6. The maximum Gasteiger partial charge on any atom is 0.225 e. The van der Waals surface area contributed by atoms with Gasteiger partial charge in [0.1, 0.15) is 0 Å². The molecule has 3 atom stereocenters. The number of aromatic nitrogens is 2. The molecular weight excluding hydrogens is 531 g/mol. The monoisotopic (exact) mass is 570 g/mol. The van der Waals surface area contributed by atoms with Gasteiger partial charge in [0.2, 0.25) is 11.9 Å². The molecule has 0 spiro atoms. The standard InChI is InChI=1S/C27H38N6O.3ClH/c34-26(32-13-6-14-33(16-15-32)27-28-11-5-12-29-27)10-4-9-25-24-17-23(18-30-25)20-31(21-24)19-22-7-2-1-3-8-22;;;/h1-3,5,7-8,11-12,23-25,30H,4,6,9-10,13-21H2;3*1H/t23?,24?,25-;;;/m1.../s1. The first kappa shape index (κ1) is 31.6. The number of nitrogens with one attached hydrogen (secondary N) is 1. The van der Waals surface area contributed by atoms with Gasteiger partial charge in [-0.05, 0) is 55.7 Å². The Hall–Kier alpha value is -1.64. The Kier molecular flexibility index (Phi) is 13.4. The predicted molar refractivity (Wildman–Crippen MR) is 156 cm³/mol. The number of rotatable bonds is 7. The summed E-state index contributed by atoms with van der Waals surface area (Å²) in [4.78, 5) is 28.6. The number of anilines is 1. The molecule has 37 heavy (non-hydrogen) atoms. The Balaban J connectivity index is 0.00000160. The van der Waals surface area contributed by atoms with E-state index in [2.05, 4.69) is 60.3 Å². The molecule has 3 aliphatic rings. The minimum absolute atomic E-state index is 0. The molecule has 2 bridgehead atoms. The minimum atomic E-state index is 0. The Labute approximate surface area is 240 Å². The lowest BCUT2D eigenvalue weighted by molar-refractivity contribution is -0.131. The number of hydrogen-bond donors (Lipinski definition) is 1. The number of carbonyl (C=O) groups is 1. The molecule has 3 aliphatic heterocycles. The predicted octanol–water partition coefficient (Wildman–Crippen LogP) is 4.06. The summed E-state index contributed by atoms with van der Waals surface area (Å²) in [5, 5.41) is 3.82. The van der Waals surface area contributed by atoms with Crippen molar-refractivity contribution in [3.63, 3.8) is 0 Å². The molecule has 1 aromatic carbocycles. The van der Waals surface area contributed by atoms with E-state index in [1.54, 1.807) is 12.4 Å². The van der Waals surface area contributed by atoms with Gasteiger partial charge in [-0.1, -0.05) is 30.3 Å². The molecule has 1 aromatic heterocycles. The zero-order valence-corrected chi connectivity index (χ0v) is 23.9. The van der Waals surface area contributed by atoms with Gasteiger partial charge >= 0.3 is 0 Å². The number of likely N-dealkylation sites (tertiary alicyclic amines) is 1. The molecule has 0 aliphatic carbocycles. The quantitative estimate of drug-likeness (QED) is 0.541. The fourth-order valence-corrected chi connectivity index (χ4v) is 6.03. The highest BCUT2D eigenvalue weighted by atomic mass is 35.5. The van der Waals surface area contributed by atoms with Crippen LogP contribution in [0.25, 0.3) is 0 Å². The number of benzene rings is 1. The first-order chi connectivity index (χ1) is 16.7. The Bertz CT molecular complexity index is 925. The molecule has 0 saturated carbocycles. The number of carbonyl (C=O) groups excluding carboxylic acids is 1. The second-order valence-corrected chi connectivity index (χ2v) is 10.2. The van der Waals surface area contributed by atoms with Gasteiger partial charge in [0.25, 0.3) is 0 Å². The Morgan fingerprint density at radius 2 is 1.73 bits per heavy atom. The van der Waals surface area contributed by atoms with Gasteiger partial charge < -0.3 is 15.1 Å². The average molecular weight is 572 g/mol. The van der Waals surface area contributed by atoms with Crippen LogP contribution < -0.4 is 10.2 Å². The van der Waals surface area contributed by atoms with Crippen LogP contribution >= 0.6 is 37.2 Å². The van der Waals surface area contributed by atoms with E-state index < -0.39 is 0 Å². The van der Waals surface area contributed by atoms with Gasteiger partial charge in [-0.15, -0.1) is 37.2 Å². The summed E-state index contributed by atoms with van der Waals surface area (Å²) < 4.78 is 0. The van der Waals surface area contributed by atoms with E-state index in [0.717, 1.165) is 70.4 Å². The van der Waals surface area contributed by atoms with Crippen molar-refractivity contribution in [3.05, 3.63) is 54.4 Å². The van der Waals surface area contributed by atoms with Crippen molar-refractivity contribution < 1.29 is 4.79 Å². The van der Waals surface area contributed by atoms with Crippen LogP contribution in [0.15, 0.2) is 48.8 Å². The maximum atomic E-state index is 13.0. The highest BCUT2D eigenvalue weighted by Gasteiger charge is 2.36. The van der Waals surface area contributed by atoms with Gasteiger partial charge in [-0.3, -0.25) is 9.69 Å². The molecule has 0 radical (unpaired) electrons. The van der Waals surface area contributed by atoms with E-state index in [1.165, 1.54) is 25.1 Å². The van der Waals surface area contributed by atoms with Gasteiger partial charge in [0, 0.05) is 70.7 Å². The number of halogens is 3. The number of amides is 1. The van der Waals surface area contributed by atoms with Gasteiger partial charge in [0.05, 0.1) is 0 Å². The molecule has 5 rings (SSSR count). The third-order valence-corrected chi connectivity index (χ3v) is 7.72.